The molecule has 2 aromatic rings. The first-order valence-electron chi connectivity index (χ1n) is 7.15. The third kappa shape index (κ3) is 3.54. The number of aromatic nitrogens is 3. The van der Waals surface area contributed by atoms with Crippen LogP contribution in [0.2, 0.25) is 0 Å². The predicted molar refractivity (Wildman–Crippen MR) is 82.9 cm³/mol. The van der Waals surface area contributed by atoms with Crippen LogP contribution in [0.25, 0.3) is 0 Å². The fourth-order valence-electron chi connectivity index (χ4n) is 2.15. The molecule has 21 heavy (non-hydrogen) atoms. The van der Waals surface area contributed by atoms with Crippen LogP contribution in [0.1, 0.15) is 32.2 Å². The van der Waals surface area contributed by atoms with Crippen LogP contribution in [0.4, 0.5) is 0 Å². The average Bonchev–Trinajstić information content (AvgIpc) is 2.66. The number of ether oxygens (including phenoxy) is 1. The van der Waals surface area contributed by atoms with E-state index in [1.54, 1.807) is 4.57 Å². The van der Waals surface area contributed by atoms with Crippen molar-refractivity contribution in [3.05, 3.63) is 46.1 Å². The quantitative estimate of drug-likeness (QED) is 0.869. The van der Waals surface area contributed by atoms with E-state index in [9.17, 15) is 4.79 Å². The molecule has 0 aliphatic heterocycles. The predicted octanol–water partition coefficient (Wildman–Crippen LogP) is 2.50. The lowest BCUT2D eigenvalue weighted by molar-refractivity contribution is 0.291. The molecule has 1 heterocycles. The van der Waals surface area contributed by atoms with Crippen molar-refractivity contribution in [2.24, 2.45) is 0 Å². The number of hydrogen-bond acceptors (Lipinski definition) is 3. The van der Waals surface area contributed by atoms with Crippen LogP contribution in [0.5, 0.6) is 5.75 Å². The molecule has 0 saturated heterocycles. The zero-order valence-corrected chi connectivity index (χ0v) is 13.4. The summed E-state index contributed by atoms with van der Waals surface area (Å²) in [5.41, 5.74) is 0.749. The first-order chi connectivity index (χ1) is 9.79. The van der Waals surface area contributed by atoms with E-state index in [0.717, 1.165) is 11.3 Å². The lowest BCUT2D eigenvalue weighted by Crippen LogP contribution is -2.36. The van der Waals surface area contributed by atoms with Gasteiger partial charge in [-0.3, -0.25) is 4.57 Å². The topological polar surface area (TPSA) is 49.0 Å². The molecule has 114 valence electrons. The standard InChI is InChI=1S/C16H23N3O2/c1-12-7-6-8-14(11-12)21-10-9-18-13(2)17-19(15(18)20)16(3,4)5/h6-8,11H,9-10H2,1-5H3. The molecule has 0 bridgehead atoms. The summed E-state index contributed by atoms with van der Waals surface area (Å²) in [7, 11) is 0. The van der Waals surface area contributed by atoms with Crippen molar-refractivity contribution < 1.29 is 4.74 Å². The molecule has 0 spiro atoms. The van der Waals surface area contributed by atoms with Gasteiger partial charge in [-0.2, -0.15) is 5.10 Å². The van der Waals surface area contributed by atoms with Crippen LogP contribution in [0, 0.1) is 13.8 Å². The molecule has 1 aromatic carbocycles. The molecule has 5 nitrogen and oxygen atoms in total. The third-order valence-corrected chi connectivity index (χ3v) is 3.26. The van der Waals surface area contributed by atoms with E-state index < -0.39 is 0 Å². The Bertz CT molecular complexity index is 678. The Balaban J connectivity index is 2.08. The van der Waals surface area contributed by atoms with Crippen molar-refractivity contribution in [2.45, 2.75) is 46.7 Å². The molecule has 0 aliphatic carbocycles. The first-order valence-corrected chi connectivity index (χ1v) is 7.15. The number of benzene rings is 1. The fourth-order valence-corrected chi connectivity index (χ4v) is 2.15. The molecule has 5 heteroatoms. The Morgan fingerprint density at radius 1 is 1.24 bits per heavy atom. The molecule has 0 fully saturated rings. The molecular formula is C16H23N3O2. The maximum Gasteiger partial charge on any atom is 0.346 e. The van der Waals surface area contributed by atoms with Crippen LogP contribution < -0.4 is 10.4 Å². The van der Waals surface area contributed by atoms with Crippen LogP contribution in [-0.4, -0.2) is 21.0 Å². The fraction of sp³-hybridized carbons (Fsp3) is 0.500. The normalized spacial score (nSPS) is 11.7. The highest BCUT2D eigenvalue weighted by molar-refractivity contribution is 5.27. The van der Waals surface area contributed by atoms with Crippen molar-refractivity contribution in [1.29, 1.82) is 0 Å². The van der Waals surface area contributed by atoms with Crippen molar-refractivity contribution in [2.75, 3.05) is 6.61 Å². The Hall–Kier alpha value is -2.04. The Morgan fingerprint density at radius 2 is 1.95 bits per heavy atom. The van der Waals surface area contributed by atoms with Gasteiger partial charge >= 0.3 is 5.69 Å². The highest BCUT2D eigenvalue weighted by Crippen LogP contribution is 2.12. The summed E-state index contributed by atoms with van der Waals surface area (Å²) in [5.74, 6) is 1.53. The van der Waals surface area contributed by atoms with E-state index in [1.165, 1.54) is 4.68 Å². The van der Waals surface area contributed by atoms with Gasteiger partial charge in [0.25, 0.3) is 0 Å². The van der Waals surface area contributed by atoms with E-state index in [4.69, 9.17) is 4.74 Å². The minimum Gasteiger partial charge on any atom is -0.492 e. The second-order valence-electron chi connectivity index (χ2n) is 6.23. The largest absolute Gasteiger partial charge is 0.492 e. The van der Waals surface area contributed by atoms with Gasteiger partial charge in [-0.1, -0.05) is 12.1 Å². The monoisotopic (exact) mass is 289 g/mol. The zero-order valence-electron chi connectivity index (χ0n) is 13.4. The SMILES string of the molecule is Cc1cccc(OCCn2c(C)nn(C(C)(C)C)c2=O)c1. The van der Waals surface area contributed by atoms with Gasteiger partial charge < -0.3 is 4.74 Å². The van der Waals surface area contributed by atoms with Gasteiger partial charge in [0.05, 0.1) is 12.1 Å². The smallest absolute Gasteiger partial charge is 0.346 e. The van der Waals surface area contributed by atoms with Crippen LogP contribution >= 0.6 is 0 Å². The molecule has 0 amide bonds. The van der Waals surface area contributed by atoms with Gasteiger partial charge in [-0.25, -0.2) is 9.48 Å². The molecule has 0 aliphatic rings. The average molecular weight is 289 g/mol. The number of rotatable bonds is 4. The summed E-state index contributed by atoms with van der Waals surface area (Å²) in [5, 5.41) is 4.33. The highest BCUT2D eigenvalue weighted by atomic mass is 16.5. The van der Waals surface area contributed by atoms with Crippen LogP contribution in [0.15, 0.2) is 29.1 Å². The number of hydrogen-bond donors (Lipinski definition) is 0. The third-order valence-electron chi connectivity index (χ3n) is 3.26. The molecule has 0 atom stereocenters. The van der Waals surface area contributed by atoms with Gasteiger partial charge in [-0.05, 0) is 52.3 Å². The molecule has 2 rings (SSSR count). The maximum absolute atomic E-state index is 12.3. The summed E-state index contributed by atoms with van der Waals surface area (Å²) in [4.78, 5) is 12.3. The van der Waals surface area contributed by atoms with Gasteiger partial charge in [0.15, 0.2) is 0 Å². The van der Waals surface area contributed by atoms with E-state index in [2.05, 4.69) is 5.10 Å². The molecule has 0 N–H and O–H groups in total. The van der Waals surface area contributed by atoms with E-state index in [1.807, 2.05) is 58.9 Å². The lowest BCUT2D eigenvalue weighted by Gasteiger charge is -2.16. The number of aryl methyl sites for hydroxylation is 2. The van der Waals surface area contributed by atoms with E-state index in [-0.39, 0.29) is 11.2 Å². The Labute approximate surface area is 125 Å². The van der Waals surface area contributed by atoms with Crippen molar-refractivity contribution in [3.63, 3.8) is 0 Å². The second-order valence-corrected chi connectivity index (χ2v) is 6.23. The Kier molecular flexibility index (Phi) is 4.21. The summed E-state index contributed by atoms with van der Waals surface area (Å²) < 4.78 is 8.88. The maximum atomic E-state index is 12.3. The van der Waals surface area contributed by atoms with Crippen molar-refractivity contribution >= 4 is 0 Å². The highest BCUT2D eigenvalue weighted by Gasteiger charge is 2.20. The molecule has 0 saturated carbocycles. The van der Waals surface area contributed by atoms with E-state index >= 15 is 0 Å². The van der Waals surface area contributed by atoms with Gasteiger partial charge in [0, 0.05) is 0 Å². The van der Waals surface area contributed by atoms with Crippen molar-refractivity contribution in [1.82, 2.24) is 14.3 Å². The van der Waals surface area contributed by atoms with Crippen LogP contribution in [0.3, 0.4) is 0 Å². The van der Waals surface area contributed by atoms with Gasteiger partial charge in [0.2, 0.25) is 0 Å². The zero-order chi connectivity index (χ0) is 15.6. The second kappa shape index (κ2) is 5.76. The summed E-state index contributed by atoms with van der Waals surface area (Å²) >= 11 is 0. The van der Waals surface area contributed by atoms with Crippen molar-refractivity contribution in [3.8, 4) is 5.75 Å². The minimum atomic E-state index is -0.315. The van der Waals surface area contributed by atoms with E-state index in [0.29, 0.717) is 19.0 Å². The molecular weight excluding hydrogens is 266 g/mol. The molecule has 0 radical (unpaired) electrons. The summed E-state index contributed by atoms with van der Waals surface area (Å²) in [6, 6.07) is 7.88. The first kappa shape index (κ1) is 15.4. The molecule has 1 aromatic heterocycles. The summed E-state index contributed by atoms with van der Waals surface area (Å²) in [6.07, 6.45) is 0. The number of nitrogens with zero attached hydrogens (tertiary/aromatic N) is 3. The minimum absolute atomic E-state index is 0.0900. The Morgan fingerprint density at radius 3 is 2.52 bits per heavy atom. The summed E-state index contributed by atoms with van der Waals surface area (Å²) in [6.45, 7) is 10.7. The van der Waals surface area contributed by atoms with Gasteiger partial charge in [0.1, 0.15) is 18.2 Å². The van der Waals surface area contributed by atoms with Crippen LogP contribution in [-0.2, 0) is 12.1 Å². The lowest BCUT2D eigenvalue weighted by atomic mass is 10.1. The molecule has 0 unspecified atom stereocenters. The van der Waals surface area contributed by atoms with Gasteiger partial charge in [-0.15, -0.1) is 0 Å².